The molecule has 1 rings (SSSR count). The topological polar surface area (TPSA) is 45.6 Å². The molecule has 0 aliphatic rings. The highest BCUT2D eigenvalue weighted by atomic mass is 16.5. The number of methoxy groups -OCH3 is 1. The summed E-state index contributed by atoms with van der Waals surface area (Å²) < 4.78 is 5.19. The molecule has 108 valence electrons. The van der Waals surface area contributed by atoms with Gasteiger partial charge < -0.3 is 14.7 Å². The highest BCUT2D eigenvalue weighted by Gasteiger charge is 2.16. The van der Waals surface area contributed by atoms with Gasteiger partial charge >= 0.3 is 0 Å². The Balaban J connectivity index is 2.89. The van der Waals surface area contributed by atoms with E-state index in [4.69, 9.17) is 4.74 Å². The molecule has 1 heterocycles. The summed E-state index contributed by atoms with van der Waals surface area (Å²) in [5.74, 6) is 0.954. The minimum atomic E-state index is -0.470. The zero-order chi connectivity index (χ0) is 14.3. The van der Waals surface area contributed by atoms with Crippen molar-refractivity contribution in [2.45, 2.75) is 45.8 Å². The maximum absolute atomic E-state index is 9.52. The Labute approximate surface area is 116 Å². The minimum absolute atomic E-state index is 0.470. The van der Waals surface area contributed by atoms with Crippen LogP contribution in [-0.2, 0) is 4.74 Å². The minimum Gasteiger partial charge on any atom is -0.389 e. The van der Waals surface area contributed by atoms with E-state index in [1.165, 1.54) is 0 Å². The number of aliphatic hydroxyl groups is 1. The van der Waals surface area contributed by atoms with Gasteiger partial charge in [0.1, 0.15) is 5.82 Å². The molecule has 0 aromatic carbocycles. The summed E-state index contributed by atoms with van der Waals surface area (Å²) in [7, 11) is 1.72. The fourth-order valence-electron chi connectivity index (χ4n) is 2.22. The van der Waals surface area contributed by atoms with Crippen molar-refractivity contribution in [2.75, 3.05) is 25.2 Å². The molecule has 1 N–H and O–H groups in total. The molecule has 4 heteroatoms. The number of aliphatic hydroxyl groups excluding tert-OH is 1. The normalized spacial score (nSPS) is 12.7. The van der Waals surface area contributed by atoms with Crippen molar-refractivity contribution in [1.29, 1.82) is 0 Å². The number of hydrogen-bond donors (Lipinski definition) is 1. The van der Waals surface area contributed by atoms with E-state index in [-0.39, 0.29) is 0 Å². The van der Waals surface area contributed by atoms with E-state index in [2.05, 4.69) is 23.7 Å². The number of nitrogens with zero attached hydrogens (tertiary/aromatic N) is 2. The predicted octanol–water partition coefficient (Wildman–Crippen LogP) is 2.78. The van der Waals surface area contributed by atoms with Crippen LogP contribution in [-0.4, -0.2) is 36.4 Å². The number of aromatic nitrogens is 1. The van der Waals surface area contributed by atoms with Crippen LogP contribution in [0.15, 0.2) is 18.3 Å². The summed E-state index contributed by atoms with van der Waals surface area (Å²) in [5.41, 5.74) is 0.847. The molecule has 0 aliphatic carbocycles. The highest BCUT2D eigenvalue weighted by molar-refractivity contribution is 5.41. The van der Waals surface area contributed by atoms with Crippen molar-refractivity contribution >= 4 is 5.82 Å². The molecule has 1 aromatic heterocycles. The zero-order valence-corrected chi connectivity index (χ0v) is 12.5. The van der Waals surface area contributed by atoms with E-state index in [1.807, 2.05) is 12.1 Å². The maximum Gasteiger partial charge on any atom is 0.128 e. The Bertz CT molecular complexity index is 348. The molecule has 0 bridgehead atoms. The molecular weight excluding hydrogens is 240 g/mol. The van der Waals surface area contributed by atoms with Crippen LogP contribution in [0, 0.1) is 0 Å². The van der Waals surface area contributed by atoms with Crippen molar-refractivity contribution < 1.29 is 9.84 Å². The molecule has 1 unspecified atom stereocenters. The van der Waals surface area contributed by atoms with E-state index < -0.39 is 6.10 Å². The first-order valence-electron chi connectivity index (χ1n) is 7.03. The Morgan fingerprint density at radius 1 is 1.32 bits per heavy atom. The van der Waals surface area contributed by atoms with Gasteiger partial charge in [-0.05, 0) is 31.4 Å². The van der Waals surface area contributed by atoms with Crippen LogP contribution in [0.5, 0.6) is 0 Å². The average molecular weight is 266 g/mol. The second-order valence-corrected chi connectivity index (χ2v) is 4.78. The van der Waals surface area contributed by atoms with Gasteiger partial charge in [0.2, 0.25) is 0 Å². The molecule has 1 aromatic rings. The Kier molecular flexibility index (Phi) is 6.81. The largest absolute Gasteiger partial charge is 0.389 e. The van der Waals surface area contributed by atoms with Gasteiger partial charge in [-0.25, -0.2) is 4.98 Å². The third kappa shape index (κ3) is 4.48. The van der Waals surface area contributed by atoms with Gasteiger partial charge in [-0.2, -0.15) is 0 Å². The molecule has 0 amide bonds. The summed E-state index contributed by atoms with van der Waals surface area (Å²) in [4.78, 5) is 6.77. The van der Waals surface area contributed by atoms with Gasteiger partial charge in [-0.15, -0.1) is 0 Å². The molecule has 0 saturated heterocycles. The first-order chi connectivity index (χ1) is 9.13. The van der Waals surface area contributed by atoms with Gasteiger partial charge in [0, 0.05) is 25.9 Å². The van der Waals surface area contributed by atoms with Crippen molar-refractivity contribution in [3.63, 3.8) is 0 Å². The van der Waals surface area contributed by atoms with Gasteiger partial charge in [-0.1, -0.05) is 19.9 Å². The van der Waals surface area contributed by atoms with E-state index in [9.17, 15) is 5.11 Å². The molecule has 0 aliphatic heterocycles. The summed E-state index contributed by atoms with van der Waals surface area (Å²) in [6.45, 7) is 7.66. The molecule has 0 spiro atoms. The lowest BCUT2D eigenvalue weighted by molar-refractivity contribution is 0.198. The third-order valence-corrected chi connectivity index (χ3v) is 3.47. The van der Waals surface area contributed by atoms with Crippen LogP contribution >= 0.6 is 0 Å². The van der Waals surface area contributed by atoms with Crippen molar-refractivity contribution in [3.05, 3.63) is 23.9 Å². The van der Waals surface area contributed by atoms with E-state index in [0.29, 0.717) is 12.6 Å². The Morgan fingerprint density at radius 2 is 2.00 bits per heavy atom. The monoisotopic (exact) mass is 266 g/mol. The Hall–Kier alpha value is -1.13. The van der Waals surface area contributed by atoms with Crippen LogP contribution in [0.25, 0.3) is 0 Å². The van der Waals surface area contributed by atoms with Crippen molar-refractivity contribution in [1.82, 2.24) is 4.98 Å². The summed E-state index contributed by atoms with van der Waals surface area (Å²) >= 11 is 0. The molecule has 19 heavy (non-hydrogen) atoms. The smallest absolute Gasteiger partial charge is 0.128 e. The van der Waals surface area contributed by atoms with Gasteiger partial charge in [0.25, 0.3) is 0 Å². The number of hydrogen-bond acceptors (Lipinski definition) is 4. The van der Waals surface area contributed by atoms with Crippen LogP contribution in [0.2, 0.25) is 0 Å². The SMILES string of the molecule is CCC(CC)N(CCOC)c1ccc(C(C)O)cn1. The quantitative estimate of drug-likeness (QED) is 0.786. The molecule has 0 fully saturated rings. The number of pyridine rings is 1. The Morgan fingerprint density at radius 3 is 2.42 bits per heavy atom. The lowest BCUT2D eigenvalue weighted by Gasteiger charge is -2.31. The maximum atomic E-state index is 9.52. The highest BCUT2D eigenvalue weighted by Crippen LogP contribution is 2.20. The third-order valence-electron chi connectivity index (χ3n) is 3.47. The van der Waals surface area contributed by atoms with Crippen LogP contribution < -0.4 is 4.90 Å². The summed E-state index contributed by atoms with van der Waals surface area (Å²) in [6, 6.07) is 4.39. The molecule has 0 saturated carbocycles. The second-order valence-electron chi connectivity index (χ2n) is 4.78. The number of rotatable bonds is 8. The fraction of sp³-hybridized carbons (Fsp3) is 0.667. The molecule has 1 atom stereocenters. The summed E-state index contributed by atoms with van der Waals surface area (Å²) in [5, 5.41) is 9.52. The van der Waals surface area contributed by atoms with Crippen LogP contribution in [0.4, 0.5) is 5.82 Å². The molecule has 0 radical (unpaired) electrons. The number of anilines is 1. The number of ether oxygens (including phenoxy) is 1. The van der Waals surface area contributed by atoms with Crippen molar-refractivity contribution in [2.24, 2.45) is 0 Å². The first kappa shape index (κ1) is 15.9. The van der Waals surface area contributed by atoms with Gasteiger partial charge in [0.05, 0.1) is 12.7 Å². The van der Waals surface area contributed by atoms with Crippen molar-refractivity contribution in [3.8, 4) is 0 Å². The predicted molar refractivity (Wildman–Crippen MR) is 78.5 cm³/mol. The van der Waals surface area contributed by atoms with Crippen LogP contribution in [0.1, 0.15) is 45.3 Å². The standard InChI is InChI=1S/C15H26N2O2/c1-5-14(6-2)17(9-10-19-4)15-8-7-13(11-16-15)12(3)18/h7-8,11-12,14,18H,5-6,9-10H2,1-4H3. The van der Waals surface area contributed by atoms with E-state index in [0.717, 1.165) is 30.8 Å². The zero-order valence-electron chi connectivity index (χ0n) is 12.5. The lowest BCUT2D eigenvalue weighted by Crippen LogP contribution is -2.37. The summed E-state index contributed by atoms with van der Waals surface area (Å²) in [6.07, 6.45) is 3.45. The van der Waals surface area contributed by atoms with E-state index >= 15 is 0 Å². The average Bonchev–Trinajstić information content (AvgIpc) is 2.43. The molecule has 4 nitrogen and oxygen atoms in total. The second kappa shape index (κ2) is 8.12. The fourth-order valence-corrected chi connectivity index (χ4v) is 2.22. The first-order valence-corrected chi connectivity index (χ1v) is 7.03. The van der Waals surface area contributed by atoms with E-state index in [1.54, 1.807) is 20.2 Å². The van der Waals surface area contributed by atoms with Gasteiger partial charge in [-0.3, -0.25) is 0 Å². The lowest BCUT2D eigenvalue weighted by atomic mass is 10.1. The molecular formula is C15H26N2O2. The van der Waals surface area contributed by atoms with Gasteiger partial charge in [0.15, 0.2) is 0 Å². The van der Waals surface area contributed by atoms with Crippen LogP contribution in [0.3, 0.4) is 0 Å².